The van der Waals surface area contributed by atoms with Crippen molar-refractivity contribution in [2.24, 2.45) is 5.92 Å². The number of rotatable bonds is 8. The molecule has 0 atom stereocenters. The SMILES string of the molecule is COc1cc(CN2CCc3c(OCC4CC4)cc(CO)cc3C2=O)cc(OC)c1. The standard InChI is InChI=1S/C23H27NO5/c1-27-18-7-16(8-19(11-18)28-2)12-24-6-5-20-21(23(24)26)9-17(13-25)10-22(20)29-14-15-3-4-15/h7-11,15,25H,3-6,12-14H2,1-2H3. The van der Waals surface area contributed by atoms with Gasteiger partial charge in [-0.15, -0.1) is 0 Å². The van der Waals surface area contributed by atoms with Gasteiger partial charge in [0.2, 0.25) is 0 Å². The van der Waals surface area contributed by atoms with Crippen LogP contribution in [-0.2, 0) is 19.6 Å². The molecule has 1 aliphatic carbocycles. The molecule has 6 nitrogen and oxygen atoms in total. The van der Waals surface area contributed by atoms with E-state index in [-0.39, 0.29) is 12.5 Å². The number of fused-ring (bicyclic) bond motifs is 1. The number of amides is 1. The van der Waals surface area contributed by atoms with Crippen molar-refractivity contribution < 1.29 is 24.1 Å². The zero-order valence-electron chi connectivity index (χ0n) is 16.9. The molecular formula is C23H27NO5. The van der Waals surface area contributed by atoms with Gasteiger partial charge in [0.1, 0.15) is 17.2 Å². The molecular weight excluding hydrogens is 370 g/mol. The summed E-state index contributed by atoms with van der Waals surface area (Å²) >= 11 is 0. The van der Waals surface area contributed by atoms with E-state index in [0.29, 0.717) is 48.2 Å². The zero-order valence-corrected chi connectivity index (χ0v) is 16.9. The fourth-order valence-corrected chi connectivity index (χ4v) is 3.71. The highest BCUT2D eigenvalue weighted by molar-refractivity contribution is 5.97. The molecule has 2 aromatic rings. The van der Waals surface area contributed by atoms with E-state index >= 15 is 0 Å². The van der Waals surface area contributed by atoms with Gasteiger partial charge in [0, 0.05) is 30.3 Å². The zero-order chi connectivity index (χ0) is 20.4. The van der Waals surface area contributed by atoms with E-state index in [9.17, 15) is 9.90 Å². The van der Waals surface area contributed by atoms with Crippen LogP contribution in [0, 0.1) is 5.92 Å². The highest BCUT2D eigenvalue weighted by atomic mass is 16.5. The summed E-state index contributed by atoms with van der Waals surface area (Å²) in [4.78, 5) is 15.0. The number of nitrogens with zero attached hydrogens (tertiary/aromatic N) is 1. The average molecular weight is 397 g/mol. The number of methoxy groups -OCH3 is 2. The minimum Gasteiger partial charge on any atom is -0.497 e. The molecule has 6 heteroatoms. The Hall–Kier alpha value is -2.73. The Morgan fingerprint density at radius 2 is 1.76 bits per heavy atom. The van der Waals surface area contributed by atoms with E-state index in [0.717, 1.165) is 23.3 Å². The number of benzene rings is 2. The van der Waals surface area contributed by atoms with Crippen molar-refractivity contribution in [3.8, 4) is 17.2 Å². The van der Waals surface area contributed by atoms with Crippen LogP contribution in [0.15, 0.2) is 30.3 Å². The number of ether oxygens (including phenoxy) is 3. The average Bonchev–Trinajstić information content (AvgIpc) is 3.58. The molecule has 154 valence electrons. The summed E-state index contributed by atoms with van der Waals surface area (Å²) in [6.07, 6.45) is 3.14. The summed E-state index contributed by atoms with van der Waals surface area (Å²) in [6, 6.07) is 9.31. The van der Waals surface area contributed by atoms with Crippen molar-refractivity contribution in [1.29, 1.82) is 0 Å². The van der Waals surface area contributed by atoms with Crippen molar-refractivity contribution in [2.75, 3.05) is 27.4 Å². The minimum atomic E-state index is -0.118. The molecule has 29 heavy (non-hydrogen) atoms. The van der Waals surface area contributed by atoms with Crippen LogP contribution in [0.5, 0.6) is 17.2 Å². The minimum absolute atomic E-state index is 0.0420. The number of carbonyl (C=O) groups is 1. The van der Waals surface area contributed by atoms with Crippen LogP contribution in [0.2, 0.25) is 0 Å². The maximum Gasteiger partial charge on any atom is 0.254 e. The van der Waals surface area contributed by atoms with E-state index in [1.807, 2.05) is 29.2 Å². The molecule has 1 saturated carbocycles. The van der Waals surface area contributed by atoms with Crippen LogP contribution in [0.25, 0.3) is 0 Å². The lowest BCUT2D eigenvalue weighted by Gasteiger charge is -2.30. The first-order chi connectivity index (χ1) is 14.1. The summed E-state index contributed by atoms with van der Waals surface area (Å²) in [5, 5.41) is 9.65. The molecule has 1 aliphatic heterocycles. The van der Waals surface area contributed by atoms with E-state index in [1.165, 1.54) is 12.8 Å². The number of aliphatic hydroxyl groups is 1. The topological polar surface area (TPSA) is 68.2 Å². The first-order valence-electron chi connectivity index (χ1n) is 10.0. The number of aliphatic hydroxyl groups excluding tert-OH is 1. The van der Waals surface area contributed by atoms with Crippen LogP contribution < -0.4 is 14.2 Å². The van der Waals surface area contributed by atoms with Crippen LogP contribution in [-0.4, -0.2) is 43.3 Å². The number of carbonyl (C=O) groups excluding carboxylic acids is 1. The molecule has 0 aromatic heterocycles. The summed E-state index contributed by atoms with van der Waals surface area (Å²) in [5.41, 5.74) is 3.23. The van der Waals surface area contributed by atoms with Gasteiger partial charge in [0.15, 0.2) is 0 Å². The third-order valence-electron chi connectivity index (χ3n) is 5.56. The molecule has 0 radical (unpaired) electrons. The fraction of sp³-hybridized carbons (Fsp3) is 0.435. The molecule has 0 unspecified atom stereocenters. The second-order valence-corrected chi connectivity index (χ2v) is 7.73. The van der Waals surface area contributed by atoms with Crippen molar-refractivity contribution >= 4 is 5.91 Å². The quantitative estimate of drug-likeness (QED) is 0.741. The lowest BCUT2D eigenvalue weighted by atomic mass is 9.95. The maximum atomic E-state index is 13.2. The summed E-state index contributed by atoms with van der Waals surface area (Å²) in [6.45, 7) is 1.65. The highest BCUT2D eigenvalue weighted by Gasteiger charge is 2.29. The van der Waals surface area contributed by atoms with Crippen molar-refractivity contribution in [2.45, 2.75) is 32.4 Å². The Morgan fingerprint density at radius 1 is 1.03 bits per heavy atom. The van der Waals surface area contributed by atoms with Gasteiger partial charge < -0.3 is 24.2 Å². The second-order valence-electron chi connectivity index (χ2n) is 7.73. The molecule has 2 aromatic carbocycles. The van der Waals surface area contributed by atoms with E-state index < -0.39 is 0 Å². The summed E-state index contributed by atoms with van der Waals surface area (Å²) < 4.78 is 16.7. The fourth-order valence-electron chi connectivity index (χ4n) is 3.71. The number of hydrogen-bond donors (Lipinski definition) is 1. The van der Waals surface area contributed by atoms with Gasteiger partial charge in [-0.1, -0.05) is 0 Å². The van der Waals surface area contributed by atoms with Gasteiger partial charge in [-0.25, -0.2) is 0 Å². The van der Waals surface area contributed by atoms with Gasteiger partial charge in [0.05, 0.1) is 27.4 Å². The van der Waals surface area contributed by atoms with Gasteiger partial charge in [-0.05, 0) is 60.6 Å². The lowest BCUT2D eigenvalue weighted by molar-refractivity contribution is 0.0724. The molecule has 1 fully saturated rings. The van der Waals surface area contributed by atoms with E-state index in [1.54, 1.807) is 20.3 Å². The van der Waals surface area contributed by atoms with Crippen LogP contribution >= 0.6 is 0 Å². The molecule has 0 bridgehead atoms. The molecule has 4 rings (SSSR count). The van der Waals surface area contributed by atoms with Gasteiger partial charge in [0.25, 0.3) is 5.91 Å². The Labute approximate surface area is 171 Å². The maximum absolute atomic E-state index is 13.2. The van der Waals surface area contributed by atoms with Gasteiger partial charge >= 0.3 is 0 Å². The molecule has 0 spiro atoms. The van der Waals surface area contributed by atoms with Crippen LogP contribution in [0.1, 0.15) is 39.9 Å². The van der Waals surface area contributed by atoms with Gasteiger partial charge in [-0.2, -0.15) is 0 Å². The van der Waals surface area contributed by atoms with Crippen LogP contribution in [0.4, 0.5) is 0 Å². The van der Waals surface area contributed by atoms with Crippen molar-refractivity contribution in [3.63, 3.8) is 0 Å². The Bertz CT molecular complexity index is 884. The largest absolute Gasteiger partial charge is 0.497 e. The smallest absolute Gasteiger partial charge is 0.254 e. The summed E-state index contributed by atoms with van der Waals surface area (Å²) in [5.74, 6) is 2.72. The third kappa shape index (κ3) is 4.32. The first kappa shape index (κ1) is 19.6. The normalized spacial score (nSPS) is 15.8. The van der Waals surface area contributed by atoms with Crippen molar-refractivity contribution in [1.82, 2.24) is 4.90 Å². The molecule has 0 saturated heterocycles. The monoisotopic (exact) mass is 397 g/mol. The van der Waals surface area contributed by atoms with Crippen molar-refractivity contribution in [3.05, 3.63) is 52.6 Å². The predicted octanol–water partition coefficient (Wildman–Crippen LogP) is 3.18. The Kier molecular flexibility index (Phi) is 5.62. The van der Waals surface area contributed by atoms with E-state index in [4.69, 9.17) is 14.2 Å². The summed E-state index contributed by atoms with van der Waals surface area (Å²) in [7, 11) is 3.22. The van der Waals surface area contributed by atoms with Crippen LogP contribution in [0.3, 0.4) is 0 Å². The van der Waals surface area contributed by atoms with E-state index in [2.05, 4.69) is 0 Å². The predicted molar refractivity (Wildman–Crippen MR) is 109 cm³/mol. The Morgan fingerprint density at radius 3 is 2.38 bits per heavy atom. The molecule has 1 heterocycles. The lowest BCUT2D eigenvalue weighted by Crippen LogP contribution is -2.37. The highest BCUT2D eigenvalue weighted by Crippen LogP contribution is 2.34. The van der Waals surface area contributed by atoms with Gasteiger partial charge in [-0.3, -0.25) is 4.79 Å². The molecule has 2 aliphatic rings. The third-order valence-corrected chi connectivity index (χ3v) is 5.56. The molecule has 1 N–H and O–H groups in total. The number of hydrogen-bond acceptors (Lipinski definition) is 5. The first-order valence-corrected chi connectivity index (χ1v) is 10.0. The molecule has 1 amide bonds. The Balaban J connectivity index is 1.58. The second kappa shape index (κ2) is 8.33.